The van der Waals surface area contributed by atoms with E-state index in [2.05, 4.69) is 11.7 Å². The molecule has 0 spiro atoms. The van der Waals surface area contributed by atoms with E-state index in [1.54, 1.807) is 0 Å². The van der Waals surface area contributed by atoms with Crippen LogP contribution in [0.3, 0.4) is 0 Å². The van der Waals surface area contributed by atoms with E-state index in [1.165, 1.54) is 25.7 Å². The van der Waals surface area contributed by atoms with Crippen LogP contribution in [0.4, 0.5) is 22.0 Å². The maximum Gasteiger partial charge on any atom is 0.573 e. The van der Waals surface area contributed by atoms with Gasteiger partial charge in [0.15, 0.2) is 11.6 Å². The number of alkyl halides is 3. The minimum atomic E-state index is -5.11. The summed E-state index contributed by atoms with van der Waals surface area (Å²) in [6, 6.07) is 1.04. The van der Waals surface area contributed by atoms with Crippen molar-refractivity contribution in [2.24, 2.45) is 17.8 Å². The standard InChI is InChI=1S/C20H25F5O/c1-2-3-12-4-6-13(7-5-12)14-8-9-16-15(10-14)11-17(21)19(18(16)22)26-20(23,24)25/h11-14H,2-10H2,1H3. The van der Waals surface area contributed by atoms with Crippen molar-refractivity contribution >= 4 is 0 Å². The van der Waals surface area contributed by atoms with Crippen LogP contribution in [0.5, 0.6) is 5.75 Å². The molecule has 2 aliphatic rings. The molecule has 0 bridgehead atoms. The number of hydrogen-bond acceptors (Lipinski definition) is 1. The normalized spacial score (nSPS) is 26.5. The van der Waals surface area contributed by atoms with Crippen molar-refractivity contribution in [2.45, 2.75) is 71.1 Å². The van der Waals surface area contributed by atoms with Crippen molar-refractivity contribution in [1.82, 2.24) is 0 Å². The molecule has 1 nitrogen and oxygen atoms in total. The number of ether oxygens (including phenoxy) is 1. The lowest BCUT2D eigenvalue weighted by Gasteiger charge is -2.36. The van der Waals surface area contributed by atoms with Gasteiger partial charge in [0.25, 0.3) is 0 Å². The van der Waals surface area contributed by atoms with Gasteiger partial charge < -0.3 is 4.74 Å². The fraction of sp³-hybridized carbons (Fsp3) is 0.700. The third-order valence-electron chi connectivity index (χ3n) is 6.09. The largest absolute Gasteiger partial charge is 0.573 e. The molecule has 1 unspecified atom stereocenters. The Bertz CT molecular complexity index is 632. The highest BCUT2D eigenvalue weighted by molar-refractivity contribution is 5.41. The summed E-state index contributed by atoms with van der Waals surface area (Å²) in [6.07, 6.45) is 3.69. The molecule has 1 aromatic rings. The Morgan fingerprint density at radius 2 is 1.73 bits per heavy atom. The second kappa shape index (κ2) is 7.73. The molecule has 6 heteroatoms. The predicted molar refractivity (Wildman–Crippen MR) is 88.9 cm³/mol. The molecule has 2 aliphatic carbocycles. The molecule has 1 fully saturated rings. The average Bonchev–Trinajstić information content (AvgIpc) is 2.58. The zero-order valence-electron chi connectivity index (χ0n) is 15.0. The molecule has 0 N–H and O–H groups in total. The Morgan fingerprint density at radius 1 is 1.04 bits per heavy atom. The highest BCUT2D eigenvalue weighted by Gasteiger charge is 2.37. The predicted octanol–water partition coefficient (Wildman–Crippen LogP) is 6.57. The molecule has 1 aromatic carbocycles. The first-order chi connectivity index (χ1) is 12.3. The first-order valence-electron chi connectivity index (χ1n) is 9.54. The topological polar surface area (TPSA) is 9.23 Å². The molecule has 1 saturated carbocycles. The zero-order chi connectivity index (χ0) is 18.9. The van der Waals surface area contributed by atoms with Gasteiger partial charge in [0.05, 0.1) is 0 Å². The fourth-order valence-electron chi connectivity index (χ4n) is 4.82. The monoisotopic (exact) mass is 376 g/mol. The van der Waals surface area contributed by atoms with E-state index < -0.39 is 23.7 Å². The van der Waals surface area contributed by atoms with Gasteiger partial charge in [-0.1, -0.05) is 32.6 Å². The van der Waals surface area contributed by atoms with Crippen LogP contribution in [-0.2, 0) is 12.8 Å². The molecule has 0 aromatic heterocycles. The summed E-state index contributed by atoms with van der Waals surface area (Å²) in [6.45, 7) is 2.20. The summed E-state index contributed by atoms with van der Waals surface area (Å²) in [4.78, 5) is 0. The summed E-state index contributed by atoms with van der Waals surface area (Å²) >= 11 is 0. The van der Waals surface area contributed by atoms with Gasteiger partial charge in [-0.05, 0) is 67.1 Å². The molecule has 146 valence electrons. The Kier molecular flexibility index (Phi) is 5.78. The van der Waals surface area contributed by atoms with Gasteiger partial charge in [0.1, 0.15) is 0 Å². The van der Waals surface area contributed by atoms with Gasteiger partial charge in [0.2, 0.25) is 5.75 Å². The minimum Gasteiger partial charge on any atom is -0.399 e. The van der Waals surface area contributed by atoms with Crippen LogP contribution in [0, 0.1) is 29.4 Å². The Hall–Kier alpha value is -1.33. The van der Waals surface area contributed by atoms with Crippen LogP contribution >= 0.6 is 0 Å². The van der Waals surface area contributed by atoms with Crippen molar-refractivity contribution < 1.29 is 26.7 Å². The molecule has 1 atom stereocenters. The highest BCUT2D eigenvalue weighted by atomic mass is 19.4. The van der Waals surface area contributed by atoms with Crippen LogP contribution in [0.1, 0.15) is 63.0 Å². The van der Waals surface area contributed by atoms with Crippen molar-refractivity contribution in [2.75, 3.05) is 0 Å². The van der Waals surface area contributed by atoms with E-state index in [9.17, 15) is 22.0 Å². The van der Waals surface area contributed by atoms with E-state index in [4.69, 9.17) is 0 Å². The lowest BCUT2D eigenvalue weighted by Crippen LogP contribution is -2.27. The molecule has 26 heavy (non-hydrogen) atoms. The smallest absolute Gasteiger partial charge is 0.399 e. The average molecular weight is 376 g/mol. The van der Waals surface area contributed by atoms with Crippen LogP contribution in [-0.4, -0.2) is 6.36 Å². The molecule has 3 rings (SSSR count). The third-order valence-corrected chi connectivity index (χ3v) is 6.09. The number of rotatable bonds is 4. The van der Waals surface area contributed by atoms with Crippen LogP contribution in [0.15, 0.2) is 6.07 Å². The summed E-state index contributed by atoms with van der Waals surface area (Å²) < 4.78 is 69.1. The third kappa shape index (κ3) is 4.32. The fourth-order valence-corrected chi connectivity index (χ4v) is 4.82. The summed E-state index contributed by atoms with van der Waals surface area (Å²) in [5, 5.41) is 0. The lowest BCUT2D eigenvalue weighted by molar-refractivity contribution is -0.276. The second-order valence-electron chi connectivity index (χ2n) is 7.76. The van der Waals surface area contributed by atoms with Gasteiger partial charge in [-0.25, -0.2) is 8.78 Å². The number of fused-ring (bicyclic) bond motifs is 1. The zero-order valence-corrected chi connectivity index (χ0v) is 15.0. The van der Waals surface area contributed by atoms with Crippen LogP contribution in [0.25, 0.3) is 0 Å². The molecule has 0 heterocycles. The quantitative estimate of drug-likeness (QED) is 0.540. The van der Waals surface area contributed by atoms with Crippen LogP contribution in [0.2, 0.25) is 0 Å². The number of benzene rings is 1. The molecule has 0 radical (unpaired) electrons. The Labute approximate surface area is 150 Å². The first-order valence-corrected chi connectivity index (χ1v) is 9.54. The van der Waals surface area contributed by atoms with E-state index in [-0.39, 0.29) is 5.56 Å². The van der Waals surface area contributed by atoms with Gasteiger partial charge in [-0.2, -0.15) is 0 Å². The number of halogens is 5. The first kappa shape index (κ1) is 19.4. The molecular weight excluding hydrogens is 351 g/mol. The summed E-state index contributed by atoms with van der Waals surface area (Å²) in [7, 11) is 0. The second-order valence-corrected chi connectivity index (χ2v) is 7.76. The van der Waals surface area contributed by atoms with Crippen molar-refractivity contribution in [1.29, 1.82) is 0 Å². The van der Waals surface area contributed by atoms with Crippen molar-refractivity contribution in [3.8, 4) is 5.75 Å². The van der Waals surface area contributed by atoms with Gasteiger partial charge in [0, 0.05) is 0 Å². The molecular formula is C20H25F5O. The maximum absolute atomic E-state index is 14.4. The summed E-state index contributed by atoms with van der Waals surface area (Å²) in [5.74, 6) is -2.08. The molecule has 0 amide bonds. The Morgan fingerprint density at radius 3 is 2.35 bits per heavy atom. The van der Waals surface area contributed by atoms with Gasteiger partial charge >= 0.3 is 6.36 Å². The van der Waals surface area contributed by atoms with Crippen LogP contribution < -0.4 is 4.74 Å². The Balaban J connectivity index is 1.71. The number of hydrogen-bond donors (Lipinski definition) is 0. The van der Waals surface area contributed by atoms with Gasteiger partial charge in [-0.3, -0.25) is 0 Å². The summed E-state index contributed by atoms with van der Waals surface area (Å²) in [5.41, 5.74) is 0.683. The van der Waals surface area contributed by atoms with Gasteiger partial charge in [-0.15, -0.1) is 13.2 Å². The van der Waals surface area contributed by atoms with E-state index in [0.717, 1.165) is 31.2 Å². The van der Waals surface area contributed by atoms with E-state index >= 15 is 0 Å². The molecule has 0 saturated heterocycles. The lowest BCUT2D eigenvalue weighted by atomic mass is 9.69. The SMILES string of the molecule is CCCC1CCC(C2CCc3c(cc(F)c(OC(F)(F)F)c3F)C2)CC1. The maximum atomic E-state index is 14.4. The minimum absolute atomic E-state index is 0.182. The highest BCUT2D eigenvalue weighted by Crippen LogP contribution is 2.43. The van der Waals surface area contributed by atoms with E-state index in [0.29, 0.717) is 30.2 Å². The van der Waals surface area contributed by atoms with Crippen molar-refractivity contribution in [3.63, 3.8) is 0 Å². The van der Waals surface area contributed by atoms with Crippen molar-refractivity contribution in [3.05, 3.63) is 28.8 Å². The molecule has 0 aliphatic heterocycles. The van der Waals surface area contributed by atoms with E-state index in [1.807, 2.05) is 0 Å².